The van der Waals surface area contributed by atoms with Crippen molar-refractivity contribution in [2.45, 2.75) is 58.5 Å². The second-order valence-corrected chi connectivity index (χ2v) is 11.9. The van der Waals surface area contributed by atoms with Gasteiger partial charge in [0, 0.05) is 54.6 Å². The van der Waals surface area contributed by atoms with Gasteiger partial charge in [0.1, 0.15) is 5.75 Å². The molecule has 2 heterocycles. The zero-order valence-electron chi connectivity index (χ0n) is 25.6. The first-order chi connectivity index (χ1) is 21.8. The first kappa shape index (κ1) is 32.4. The molecule has 7 nitrogen and oxygen atoms in total. The quantitative estimate of drug-likeness (QED) is 0.128. The van der Waals surface area contributed by atoms with E-state index in [1.807, 2.05) is 25.3 Å². The van der Waals surface area contributed by atoms with Crippen LogP contribution >= 0.6 is 0 Å². The van der Waals surface area contributed by atoms with Crippen molar-refractivity contribution in [3.63, 3.8) is 0 Å². The van der Waals surface area contributed by atoms with Crippen LogP contribution in [0.4, 0.5) is 14.5 Å². The van der Waals surface area contributed by atoms with Gasteiger partial charge < -0.3 is 25.3 Å². The van der Waals surface area contributed by atoms with Crippen molar-refractivity contribution in [2.75, 3.05) is 25.1 Å². The summed E-state index contributed by atoms with van der Waals surface area (Å²) in [6, 6.07) is 12.3. The molecule has 238 valence electrons. The van der Waals surface area contributed by atoms with E-state index >= 15 is 0 Å². The predicted octanol–water partition coefficient (Wildman–Crippen LogP) is 7.76. The summed E-state index contributed by atoms with van der Waals surface area (Å²) in [5, 5.41) is 22.1. The Kier molecular flexibility index (Phi) is 11.1. The van der Waals surface area contributed by atoms with E-state index in [0.717, 1.165) is 65.9 Å². The molecule has 45 heavy (non-hydrogen) atoms. The number of hydrogen-bond donors (Lipinski definition) is 3. The lowest BCUT2D eigenvalue weighted by Crippen LogP contribution is -2.26. The van der Waals surface area contributed by atoms with Crippen molar-refractivity contribution >= 4 is 28.5 Å². The van der Waals surface area contributed by atoms with Gasteiger partial charge in [0.05, 0.1) is 18.0 Å². The van der Waals surface area contributed by atoms with Crippen LogP contribution in [0.2, 0.25) is 0 Å². The maximum absolute atomic E-state index is 13.3. The van der Waals surface area contributed by atoms with Gasteiger partial charge in [-0.05, 0) is 98.4 Å². The van der Waals surface area contributed by atoms with Crippen LogP contribution in [0.15, 0.2) is 77.6 Å². The van der Waals surface area contributed by atoms with Crippen molar-refractivity contribution in [1.29, 1.82) is 5.41 Å². The van der Waals surface area contributed by atoms with E-state index in [9.17, 15) is 18.7 Å². The SMILES string of the molecule is Cc1cc(N/C2=C\C/C=C\CCC3C(c4ccc(OC(F)F)cc4)=CN=C23)ccc1C(=O)CC(=N)C(CO)CC1CCOCC1. The third kappa shape index (κ3) is 8.41. The van der Waals surface area contributed by atoms with Crippen molar-refractivity contribution in [1.82, 2.24) is 0 Å². The van der Waals surface area contributed by atoms with Crippen LogP contribution in [0.5, 0.6) is 5.75 Å². The highest BCUT2D eigenvalue weighted by Crippen LogP contribution is 2.37. The molecule has 2 aromatic rings. The number of Topliss-reactive ketones (excluding diaryl/α,β-unsaturated/α-hetero) is 1. The van der Waals surface area contributed by atoms with E-state index in [1.165, 1.54) is 0 Å². The van der Waals surface area contributed by atoms with E-state index in [0.29, 0.717) is 31.1 Å². The first-order valence-electron chi connectivity index (χ1n) is 15.7. The summed E-state index contributed by atoms with van der Waals surface area (Å²) < 4.78 is 35.2. The molecule has 0 saturated carbocycles. The number of aliphatic imine (C=N–C) groups is 1. The van der Waals surface area contributed by atoms with Gasteiger partial charge in [-0.25, -0.2) is 0 Å². The Morgan fingerprint density at radius 1 is 1.13 bits per heavy atom. The summed E-state index contributed by atoms with van der Waals surface area (Å²) in [6.45, 7) is 0.318. The third-order valence-corrected chi connectivity index (χ3v) is 8.81. The summed E-state index contributed by atoms with van der Waals surface area (Å²) in [7, 11) is 0. The molecule has 3 aliphatic rings. The number of rotatable bonds is 12. The number of ketones is 1. The molecule has 1 fully saturated rings. The molecule has 9 heteroatoms. The molecule has 0 aromatic heterocycles. The second-order valence-electron chi connectivity index (χ2n) is 11.9. The molecule has 2 aromatic carbocycles. The zero-order chi connectivity index (χ0) is 31.8. The number of halogens is 2. The van der Waals surface area contributed by atoms with Crippen LogP contribution in [0.1, 0.15) is 66.4 Å². The minimum atomic E-state index is -2.87. The van der Waals surface area contributed by atoms with E-state index in [2.05, 4.69) is 28.3 Å². The normalized spacial score (nSPS) is 21.3. The fraction of sp³-hybridized carbons (Fsp3) is 0.417. The minimum absolute atomic E-state index is 0.0122. The lowest BCUT2D eigenvalue weighted by Gasteiger charge is -2.26. The van der Waals surface area contributed by atoms with Gasteiger partial charge in [0.15, 0.2) is 5.78 Å². The molecule has 2 aliphatic heterocycles. The molecule has 1 saturated heterocycles. The Bertz CT molecular complexity index is 1490. The topological polar surface area (TPSA) is 104 Å². The second kappa shape index (κ2) is 15.4. The molecule has 5 rings (SSSR count). The molecule has 1 aliphatic carbocycles. The fourth-order valence-electron chi connectivity index (χ4n) is 6.34. The fourth-order valence-corrected chi connectivity index (χ4v) is 6.34. The molecular weight excluding hydrogens is 576 g/mol. The smallest absolute Gasteiger partial charge is 0.387 e. The maximum atomic E-state index is 13.3. The van der Waals surface area contributed by atoms with E-state index in [1.54, 1.807) is 30.3 Å². The van der Waals surface area contributed by atoms with Crippen molar-refractivity contribution in [3.05, 3.63) is 89.3 Å². The number of carbonyl (C=O) groups excluding carboxylic acids is 1. The number of nitrogens with zero attached hydrogens (tertiary/aromatic N) is 1. The van der Waals surface area contributed by atoms with Crippen molar-refractivity contribution < 1.29 is 28.2 Å². The van der Waals surface area contributed by atoms with Crippen LogP contribution in [0, 0.1) is 30.1 Å². The Morgan fingerprint density at radius 2 is 1.91 bits per heavy atom. The predicted molar refractivity (Wildman–Crippen MR) is 173 cm³/mol. The van der Waals surface area contributed by atoms with Crippen molar-refractivity contribution in [2.24, 2.45) is 22.7 Å². The average molecular weight is 618 g/mol. The number of alkyl halides is 2. The van der Waals surface area contributed by atoms with Gasteiger partial charge >= 0.3 is 6.61 Å². The van der Waals surface area contributed by atoms with Gasteiger partial charge in [0.2, 0.25) is 0 Å². The number of anilines is 1. The number of aliphatic hydroxyl groups excluding tert-OH is 1. The average Bonchev–Trinajstić information content (AvgIpc) is 3.47. The standard InChI is InChI=1S/C36H41F2N3O4/c1-23-18-27(10-13-29(23)34(43)20-32(39)26(22-42)19-24-14-16-44-17-15-24)41-33-7-5-3-2-4-6-30-31(21-40-35(30)33)25-8-11-28(12-9-25)45-36(37)38/h2-3,7-13,18,21,24,26,30,36,39,41-42H,4-6,14-17,19-20,22H2,1H3/b3-2-,33-7-,39-32?. The summed E-state index contributed by atoms with van der Waals surface area (Å²) >= 11 is 0. The molecule has 2 atom stereocenters. The molecule has 0 spiro atoms. The molecule has 0 amide bonds. The van der Waals surface area contributed by atoms with E-state index in [-0.39, 0.29) is 42.1 Å². The summed E-state index contributed by atoms with van der Waals surface area (Å²) in [5.74, 6) is 0.0993. The number of ether oxygens (including phenoxy) is 2. The van der Waals surface area contributed by atoms with Crippen LogP contribution in [0.25, 0.3) is 5.57 Å². The Balaban J connectivity index is 1.26. The number of carbonyl (C=O) groups is 1. The minimum Gasteiger partial charge on any atom is -0.435 e. The van der Waals surface area contributed by atoms with Crippen molar-refractivity contribution in [3.8, 4) is 5.75 Å². The highest BCUT2D eigenvalue weighted by atomic mass is 19.3. The van der Waals surface area contributed by atoms with Crippen LogP contribution in [-0.2, 0) is 4.74 Å². The van der Waals surface area contributed by atoms with E-state index < -0.39 is 6.61 Å². The molecule has 2 unspecified atom stereocenters. The zero-order valence-corrected chi connectivity index (χ0v) is 25.6. The number of aryl methyl sites for hydroxylation is 1. The lowest BCUT2D eigenvalue weighted by atomic mass is 9.85. The Hall–Kier alpha value is -3.95. The van der Waals surface area contributed by atoms with Gasteiger partial charge in [0.25, 0.3) is 0 Å². The number of benzene rings is 2. The lowest BCUT2D eigenvalue weighted by molar-refractivity contribution is -0.0498. The summed E-state index contributed by atoms with van der Waals surface area (Å²) in [5.41, 5.74) is 6.20. The maximum Gasteiger partial charge on any atom is 0.387 e. The highest BCUT2D eigenvalue weighted by Gasteiger charge is 2.29. The highest BCUT2D eigenvalue weighted by molar-refractivity contribution is 6.13. The van der Waals surface area contributed by atoms with Gasteiger partial charge in [-0.1, -0.05) is 30.4 Å². The van der Waals surface area contributed by atoms with Gasteiger partial charge in [-0.15, -0.1) is 0 Å². The van der Waals surface area contributed by atoms with Gasteiger partial charge in [-0.3, -0.25) is 9.79 Å². The first-order valence-corrected chi connectivity index (χ1v) is 15.7. The number of fused-ring (bicyclic) bond motifs is 1. The molecule has 0 radical (unpaired) electrons. The molecular formula is C36H41F2N3O4. The van der Waals surface area contributed by atoms with Crippen LogP contribution in [0.3, 0.4) is 0 Å². The Morgan fingerprint density at radius 3 is 2.62 bits per heavy atom. The molecule has 3 N–H and O–H groups in total. The summed E-state index contributed by atoms with van der Waals surface area (Å²) in [4.78, 5) is 18.1. The van der Waals surface area contributed by atoms with Gasteiger partial charge in [-0.2, -0.15) is 8.78 Å². The number of allylic oxidation sites excluding steroid dienone is 5. The largest absolute Gasteiger partial charge is 0.435 e. The monoisotopic (exact) mass is 617 g/mol. The number of hydrogen-bond acceptors (Lipinski definition) is 7. The number of nitrogens with one attached hydrogen (secondary N) is 2. The van der Waals surface area contributed by atoms with E-state index in [4.69, 9.17) is 15.1 Å². The number of aliphatic hydroxyl groups is 1. The Labute approximate surface area is 263 Å². The third-order valence-electron chi connectivity index (χ3n) is 8.81. The van der Waals surface area contributed by atoms with Crippen LogP contribution < -0.4 is 10.1 Å². The molecule has 0 bridgehead atoms. The van der Waals surface area contributed by atoms with Crippen LogP contribution in [-0.4, -0.2) is 48.7 Å². The summed E-state index contributed by atoms with van der Waals surface area (Å²) in [6.07, 6.45) is 13.3.